The lowest BCUT2D eigenvalue weighted by Crippen LogP contribution is -2.30. The Morgan fingerprint density at radius 3 is 3.05 bits per heavy atom. The number of nitrogens with one attached hydrogen (secondary N) is 1. The molecule has 0 radical (unpaired) electrons. The maximum absolute atomic E-state index is 11.9. The average Bonchev–Trinajstić information content (AvgIpc) is 2.85. The van der Waals surface area contributed by atoms with E-state index in [1.807, 2.05) is 13.1 Å². The van der Waals surface area contributed by atoms with Gasteiger partial charge in [0.1, 0.15) is 5.02 Å². The lowest BCUT2D eigenvalue weighted by molar-refractivity contribution is -0.124. The van der Waals surface area contributed by atoms with Crippen molar-refractivity contribution >= 4 is 23.2 Å². The topological polar surface area (TPSA) is 59.3 Å². The zero-order chi connectivity index (χ0) is 15.2. The molecule has 2 heterocycles. The number of unbranched alkanes of at least 4 members (excludes halogenated alkanes) is 1. The minimum Gasteiger partial charge on any atom is -0.356 e. The first-order valence-corrected chi connectivity index (χ1v) is 7.75. The first-order valence-electron chi connectivity index (χ1n) is 7.37. The SMILES string of the molecule is CCCCC(C)C(=O)NCCc1cnc2c(Cl)cnn2c1. The summed E-state index contributed by atoms with van der Waals surface area (Å²) in [5, 5.41) is 7.63. The van der Waals surface area contributed by atoms with Gasteiger partial charge in [0, 0.05) is 24.9 Å². The highest BCUT2D eigenvalue weighted by Gasteiger charge is 2.11. The fourth-order valence-corrected chi connectivity index (χ4v) is 2.34. The normalized spacial score (nSPS) is 12.5. The molecule has 5 nitrogen and oxygen atoms in total. The van der Waals surface area contributed by atoms with E-state index in [0.717, 1.165) is 31.2 Å². The van der Waals surface area contributed by atoms with E-state index in [9.17, 15) is 4.79 Å². The van der Waals surface area contributed by atoms with Crippen molar-refractivity contribution in [2.75, 3.05) is 6.54 Å². The first-order chi connectivity index (χ1) is 10.1. The zero-order valence-corrected chi connectivity index (χ0v) is 13.2. The summed E-state index contributed by atoms with van der Waals surface area (Å²) in [6, 6.07) is 0. The predicted molar refractivity (Wildman–Crippen MR) is 83.4 cm³/mol. The minimum absolute atomic E-state index is 0.0791. The lowest BCUT2D eigenvalue weighted by Gasteiger charge is -2.11. The molecular formula is C15H21ClN4O. The van der Waals surface area contributed by atoms with Crippen LogP contribution in [0.25, 0.3) is 5.65 Å². The molecule has 0 bridgehead atoms. The van der Waals surface area contributed by atoms with Crippen molar-refractivity contribution in [3.63, 3.8) is 0 Å². The molecule has 0 spiro atoms. The van der Waals surface area contributed by atoms with Gasteiger partial charge in [-0.2, -0.15) is 5.10 Å². The van der Waals surface area contributed by atoms with Crippen molar-refractivity contribution < 1.29 is 4.79 Å². The highest BCUT2D eigenvalue weighted by Crippen LogP contribution is 2.14. The summed E-state index contributed by atoms with van der Waals surface area (Å²) in [4.78, 5) is 16.2. The number of hydrogen-bond acceptors (Lipinski definition) is 3. The molecule has 0 aliphatic rings. The molecule has 1 unspecified atom stereocenters. The van der Waals surface area contributed by atoms with Crippen LogP contribution in [0, 0.1) is 5.92 Å². The summed E-state index contributed by atoms with van der Waals surface area (Å²) < 4.78 is 1.66. The number of halogens is 1. The molecule has 1 atom stereocenters. The second-order valence-corrected chi connectivity index (χ2v) is 5.71. The number of rotatable bonds is 7. The summed E-state index contributed by atoms with van der Waals surface area (Å²) in [5.74, 6) is 0.204. The van der Waals surface area contributed by atoms with Gasteiger partial charge >= 0.3 is 0 Å². The van der Waals surface area contributed by atoms with Crippen LogP contribution in [0.3, 0.4) is 0 Å². The third-order valence-corrected chi connectivity index (χ3v) is 3.78. The van der Waals surface area contributed by atoms with Crippen molar-refractivity contribution in [1.29, 1.82) is 0 Å². The second-order valence-electron chi connectivity index (χ2n) is 5.31. The molecular weight excluding hydrogens is 288 g/mol. The molecule has 0 saturated carbocycles. The Morgan fingerprint density at radius 2 is 2.29 bits per heavy atom. The molecule has 0 aliphatic carbocycles. The van der Waals surface area contributed by atoms with Gasteiger partial charge in [-0.25, -0.2) is 9.50 Å². The van der Waals surface area contributed by atoms with Crippen LogP contribution in [0.4, 0.5) is 0 Å². The molecule has 1 amide bonds. The molecule has 114 valence electrons. The Labute approximate surface area is 129 Å². The van der Waals surface area contributed by atoms with Crippen LogP contribution < -0.4 is 5.32 Å². The molecule has 2 aromatic heterocycles. The van der Waals surface area contributed by atoms with Crippen LogP contribution in [-0.2, 0) is 11.2 Å². The Morgan fingerprint density at radius 1 is 1.48 bits per heavy atom. The summed E-state index contributed by atoms with van der Waals surface area (Å²) in [6.07, 6.45) is 9.13. The summed E-state index contributed by atoms with van der Waals surface area (Å²) in [7, 11) is 0. The van der Waals surface area contributed by atoms with Crippen LogP contribution in [-0.4, -0.2) is 27.0 Å². The number of aromatic nitrogens is 3. The van der Waals surface area contributed by atoms with Gasteiger partial charge in [-0.05, 0) is 18.4 Å². The molecule has 1 N–H and O–H groups in total. The van der Waals surface area contributed by atoms with E-state index in [1.54, 1.807) is 16.9 Å². The third-order valence-electron chi connectivity index (χ3n) is 3.52. The monoisotopic (exact) mass is 308 g/mol. The van der Waals surface area contributed by atoms with E-state index in [-0.39, 0.29) is 11.8 Å². The van der Waals surface area contributed by atoms with Gasteiger partial charge in [0.2, 0.25) is 5.91 Å². The maximum atomic E-state index is 11.9. The van der Waals surface area contributed by atoms with Crippen LogP contribution in [0.15, 0.2) is 18.6 Å². The fourth-order valence-electron chi connectivity index (χ4n) is 2.16. The van der Waals surface area contributed by atoms with Crippen molar-refractivity contribution in [1.82, 2.24) is 19.9 Å². The lowest BCUT2D eigenvalue weighted by atomic mass is 10.0. The van der Waals surface area contributed by atoms with E-state index >= 15 is 0 Å². The van der Waals surface area contributed by atoms with Gasteiger partial charge in [0.15, 0.2) is 5.65 Å². The standard InChI is InChI=1S/C15H21ClN4O/c1-3-4-5-11(2)15(21)17-7-6-12-8-18-14-13(16)9-19-20(14)10-12/h8-11H,3-7H2,1-2H3,(H,17,21). The molecule has 0 fully saturated rings. The van der Waals surface area contributed by atoms with E-state index in [0.29, 0.717) is 17.2 Å². The smallest absolute Gasteiger partial charge is 0.222 e. The fraction of sp³-hybridized carbons (Fsp3) is 0.533. The van der Waals surface area contributed by atoms with Gasteiger partial charge in [-0.1, -0.05) is 38.3 Å². The summed E-state index contributed by atoms with van der Waals surface area (Å²) >= 11 is 5.94. The van der Waals surface area contributed by atoms with Gasteiger partial charge in [-0.15, -0.1) is 0 Å². The van der Waals surface area contributed by atoms with Gasteiger partial charge < -0.3 is 5.32 Å². The molecule has 0 aromatic carbocycles. The largest absolute Gasteiger partial charge is 0.356 e. The summed E-state index contributed by atoms with van der Waals surface area (Å²) in [5.41, 5.74) is 1.67. The number of hydrogen-bond donors (Lipinski definition) is 1. The van der Waals surface area contributed by atoms with E-state index in [4.69, 9.17) is 11.6 Å². The minimum atomic E-state index is 0.0791. The molecule has 0 aliphatic heterocycles. The number of amides is 1. The molecule has 6 heteroatoms. The number of carbonyl (C=O) groups excluding carboxylic acids is 1. The van der Waals surface area contributed by atoms with Crippen molar-refractivity contribution in [3.05, 3.63) is 29.2 Å². The van der Waals surface area contributed by atoms with Crippen LogP contribution >= 0.6 is 11.6 Å². The van der Waals surface area contributed by atoms with E-state index in [2.05, 4.69) is 22.3 Å². The first kappa shape index (κ1) is 15.8. The third kappa shape index (κ3) is 4.17. The predicted octanol–water partition coefficient (Wildman–Crippen LogP) is 2.87. The highest BCUT2D eigenvalue weighted by molar-refractivity contribution is 6.33. The Kier molecular flexibility index (Phi) is 5.56. The Balaban J connectivity index is 1.83. The van der Waals surface area contributed by atoms with Gasteiger partial charge in [-0.3, -0.25) is 4.79 Å². The van der Waals surface area contributed by atoms with E-state index in [1.165, 1.54) is 0 Å². The Hall–Kier alpha value is -1.62. The Bertz CT molecular complexity index is 611. The van der Waals surface area contributed by atoms with Gasteiger partial charge in [0.05, 0.1) is 6.20 Å². The van der Waals surface area contributed by atoms with E-state index < -0.39 is 0 Å². The number of fused-ring (bicyclic) bond motifs is 1. The molecule has 2 rings (SSSR count). The van der Waals surface area contributed by atoms with Crippen molar-refractivity contribution in [2.45, 2.75) is 39.5 Å². The average molecular weight is 309 g/mol. The number of nitrogens with zero attached hydrogens (tertiary/aromatic N) is 3. The van der Waals surface area contributed by atoms with Crippen LogP contribution in [0.2, 0.25) is 5.02 Å². The van der Waals surface area contributed by atoms with Crippen LogP contribution in [0.1, 0.15) is 38.7 Å². The molecule has 0 saturated heterocycles. The second kappa shape index (κ2) is 7.41. The van der Waals surface area contributed by atoms with Crippen LogP contribution in [0.5, 0.6) is 0 Å². The maximum Gasteiger partial charge on any atom is 0.222 e. The van der Waals surface area contributed by atoms with Gasteiger partial charge in [0.25, 0.3) is 0 Å². The van der Waals surface area contributed by atoms with Crippen molar-refractivity contribution in [2.24, 2.45) is 5.92 Å². The quantitative estimate of drug-likeness (QED) is 0.855. The number of carbonyl (C=O) groups is 1. The zero-order valence-electron chi connectivity index (χ0n) is 12.5. The summed E-state index contributed by atoms with van der Waals surface area (Å²) in [6.45, 7) is 4.72. The molecule has 2 aromatic rings. The van der Waals surface area contributed by atoms with Crippen molar-refractivity contribution in [3.8, 4) is 0 Å². The highest BCUT2D eigenvalue weighted by atomic mass is 35.5. The molecule has 21 heavy (non-hydrogen) atoms.